The minimum Gasteiger partial charge on any atom is -0.494 e. The van der Waals surface area contributed by atoms with E-state index in [2.05, 4.69) is 26.1 Å². The zero-order valence-electron chi connectivity index (χ0n) is 21.9. The summed E-state index contributed by atoms with van der Waals surface area (Å²) in [4.78, 5) is 11.4. The van der Waals surface area contributed by atoms with E-state index >= 15 is 0 Å². The fourth-order valence-electron chi connectivity index (χ4n) is 3.90. The SMILES string of the molecule is CCOc1ccc(-n2c(C)nnc2S[C@H](C[N+](=O)[O-])c2ccc(OCc3ccc(Br)cc3)c(OCC)c2)cc1. The number of hydrogen-bond acceptors (Lipinski definition) is 8. The van der Waals surface area contributed by atoms with E-state index in [1.807, 2.05) is 86.0 Å². The summed E-state index contributed by atoms with van der Waals surface area (Å²) in [5.41, 5.74) is 2.58. The first-order valence-corrected chi connectivity index (χ1v) is 14.1. The van der Waals surface area contributed by atoms with Gasteiger partial charge >= 0.3 is 0 Å². The summed E-state index contributed by atoms with van der Waals surface area (Å²) in [5.74, 6) is 2.54. The number of rotatable bonds is 13. The molecule has 0 N–H and O–H groups in total. The minimum atomic E-state index is -0.537. The van der Waals surface area contributed by atoms with E-state index in [0.29, 0.717) is 42.3 Å². The maximum atomic E-state index is 11.7. The van der Waals surface area contributed by atoms with Crippen molar-refractivity contribution in [2.45, 2.75) is 37.8 Å². The Bertz CT molecular complexity index is 1400. The van der Waals surface area contributed by atoms with Crippen LogP contribution < -0.4 is 14.2 Å². The Hall–Kier alpha value is -3.57. The van der Waals surface area contributed by atoms with Gasteiger partial charge in [0.2, 0.25) is 6.54 Å². The summed E-state index contributed by atoms with van der Waals surface area (Å²) in [5, 5.41) is 20.3. The van der Waals surface area contributed by atoms with Crippen molar-refractivity contribution in [3.8, 4) is 22.9 Å². The summed E-state index contributed by atoms with van der Waals surface area (Å²) >= 11 is 4.72. The molecule has 204 valence electrons. The number of nitrogens with zero attached hydrogens (tertiary/aromatic N) is 4. The highest BCUT2D eigenvalue weighted by Gasteiger charge is 2.25. The van der Waals surface area contributed by atoms with E-state index in [-0.39, 0.29) is 11.5 Å². The Kier molecular flexibility index (Phi) is 9.83. The molecule has 0 aliphatic carbocycles. The second kappa shape index (κ2) is 13.5. The van der Waals surface area contributed by atoms with Gasteiger partial charge in [-0.2, -0.15) is 0 Å². The summed E-state index contributed by atoms with van der Waals surface area (Å²) in [6.07, 6.45) is 0. The molecular weight excluding hydrogens is 584 g/mol. The van der Waals surface area contributed by atoms with Crippen molar-refractivity contribution in [3.63, 3.8) is 0 Å². The first kappa shape index (κ1) is 28.4. The smallest absolute Gasteiger partial charge is 0.220 e. The van der Waals surface area contributed by atoms with Crippen molar-refractivity contribution in [3.05, 3.63) is 98.3 Å². The van der Waals surface area contributed by atoms with Gasteiger partial charge < -0.3 is 14.2 Å². The molecule has 0 saturated carbocycles. The zero-order chi connectivity index (χ0) is 27.8. The Morgan fingerprint density at radius 1 is 0.949 bits per heavy atom. The number of thioether (sulfide) groups is 1. The molecule has 0 amide bonds. The van der Waals surface area contributed by atoms with Gasteiger partial charge in [0.25, 0.3) is 0 Å². The molecule has 3 aromatic carbocycles. The molecule has 0 radical (unpaired) electrons. The fourth-order valence-corrected chi connectivity index (χ4v) is 5.33. The second-order valence-electron chi connectivity index (χ2n) is 8.47. The first-order valence-electron chi connectivity index (χ1n) is 12.5. The number of aryl methyl sites for hydroxylation is 1. The van der Waals surface area contributed by atoms with Crippen LogP contribution >= 0.6 is 27.7 Å². The van der Waals surface area contributed by atoms with Gasteiger partial charge in [0.1, 0.15) is 23.4 Å². The number of benzene rings is 3. The molecule has 0 aliphatic rings. The van der Waals surface area contributed by atoms with E-state index in [1.165, 1.54) is 11.8 Å². The molecule has 9 nitrogen and oxygen atoms in total. The van der Waals surface area contributed by atoms with Crippen LogP contribution in [0.3, 0.4) is 0 Å². The highest BCUT2D eigenvalue weighted by Crippen LogP contribution is 2.40. The van der Waals surface area contributed by atoms with Crippen molar-refractivity contribution in [1.82, 2.24) is 14.8 Å². The van der Waals surface area contributed by atoms with Crippen molar-refractivity contribution in [1.29, 1.82) is 0 Å². The zero-order valence-corrected chi connectivity index (χ0v) is 24.3. The molecule has 0 spiro atoms. The van der Waals surface area contributed by atoms with Crippen LogP contribution in [0.5, 0.6) is 17.2 Å². The molecule has 39 heavy (non-hydrogen) atoms. The second-order valence-corrected chi connectivity index (χ2v) is 10.6. The largest absolute Gasteiger partial charge is 0.494 e. The molecule has 0 fully saturated rings. The standard InChI is InChI=1S/C28H29BrN4O5S/c1-4-36-24-13-11-23(12-14-24)33-19(3)30-31-28(33)39-27(17-32(34)35)21-8-15-25(26(16-21)37-5-2)38-18-20-6-9-22(29)10-7-20/h6-16,27H,4-5,17-18H2,1-3H3/t27-/m1/s1. The molecule has 4 rings (SSSR count). The predicted octanol–water partition coefficient (Wildman–Crippen LogP) is 6.82. The average Bonchev–Trinajstić information content (AvgIpc) is 3.28. The summed E-state index contributed by atoms with van der Waals surface area (Å²) in [7, 11) is 0. The highest BCUT2D eigenvalue weighted by molar-refractivity contribution is 9.10. The lowest BCUT2D eigenvalue weighted by molar-refractivity contribution is -0.479. The number of aromatic nitrogens is 3. The van der Waals surface area contributed by atoms with Crippen molar-refractivity contribution in [2.75, 3.05) is 19.8 Å². The van der Waals surface area contributed by atoms with Crippen LogP contribution in [0.25, 0.3) is 5.69 Å². The van der Waals surface area contributed by atoms with Gasteiger partial charge in [-0.1, -0.05) is 45.9 Å². The molecule has 0 bridgehead atoms. The van der Waals surface area contributed by atoms with Crippen molar-refractivity contribution in [2.24, 2.45) is 0 Å². The number of ether oxygens (including phenoxy) is 3. The number of nitro groups is 1. The Morgan fingerprint density at radius 3 is 2.33 bits per heavy atom. The third kappa shape index (κ3) is 7.51. The van der Waals surface area contributed by atoms with E-state index in [0.717, 1.165) is 27.0 Å². The predicted molar refractivity (Wildman–Crippen MR) is 154 cm³/mol. The lowest BCUT2D eigenvalue weighted by Crippen LogP contribution is -2.11. The average molecular weight is 614 g/mol. The molecule has 1 aromatic heterocycles. The molecule has 4 aromatic rings. The van der Waals surface area contributed by atoms with Crippen molar-refractivity contribution < 1.29 is 19.1 Å². The number of hydrogen-bond donors (Lipinski definition) is 0. The van der Waals surface area contributed by atoms with E-state index in [4.69, 9.17) is 14.2 Å². The lowest BCUT2D eigenvalue weighted by atomic mass is 10.1. The summed E-state index contributed by atoms with van der Waals surface area (Å²) in [6.45, 7) is 6.73. The summed E-state index contributed by atoms with van der Waals surface area (Å²) in [6, 6.07) is 20.9. The lowest BCUT2D eigenvalue weighted by Gasteiger charge is -2.17. The third-order valence-electron chi connectivity index (χ3n) is 5.71. The van der Waals surface area contributed by atoms with E-state index < -0.39 is 5.25 Å². The number of halogens is 1. The van der Waals surface area contributed by atoms with Crippen LogP contribution in [0.4, 0.5) is 0 Å². The Morgan fingerprint density at radius 2 is 1.67 bits per heavy atom. The van der Waals surface area contributed by atoms with Gasteiger partial charge in [0, 0.05) is 15.1 Å². The van der Waals surface area contributed by atoms with Crippen LogP contribution in [0.1, 0.15) is 36.0 Å². The normalized spacial score (nSPS) is 11.7. The first-order chi connectivity index (χ1) is 18.9. The van der Waals surface area contributed by atoms with Gasteiger partial charge in [-0.15, -0.1) is 10.2 Å². The van der Waals surface area contributed by atoms with Gasteiger partial charge in [-0.05, 0) is 80.4 Å². The van der Waals surface area contributed by atoms with Gasteiger partial charge in [-0.25, -0.2) is 0 Å². The van der Waals surface area contributed by atoms with Crippen LogP contribution in [0, 0.1) is 17.0 Å². The van der Waals surface area contributed by atoms with Gasteiger partial charge in [0.15, 0.2) is 16.7 Å². The van der Waals surface area contributed by atoms with E-state index in [9.17, 15) is 10.1 Å². The highest BCUT2D eigenvalue weighted by atomic mass is 79.9. The molecule has 0 unspecified atom stereocenters. The quantitative estimate of drug-likeness (QED) is 0.0920. The monoisotopic (exact) mass is 612 g/mol. The molecule has 0 saturated heterocycles. The van der Waals surface area contributed by atoms with Crippen molar-refractivity contribution >= 4 is 27.7 Å². The summed E-state index contributed by atoms with van der Waals surface area (Å²) < 4.78 is 20.3. The maximum Gasteiger partial charge on any atom is 0.220 e. The van der Waals surface area contributed by atoms with E-state index in [1.54, 1.807) is 6.07 Å². The molecule has 0 aliphatic heterocycles. The van der Waals surface area contributed by atoms with Gasteiger partial charge in [-0.3, -0.25) is 14.7 Å². The Balaban J connectivity index is 1.60. The topological polar surface area (TPSA) is 102 Å². The van der Waals surface area contributed by atoms with Crippen LogP contribution in [-0.2, 0) is 6.61 Å². The molecule has 1 heterocycles. The van der Waals surface area contributed by atoms with Crippen LogP contribution in [-0.4, -0.2) is 39.4 Å². The molecular formula is C28H29BrN4O5S. The minimum absolute atomic E-state index is 0.301. The van der Waals surface area contributed by atoms with Gasteiger partial charge in [0.05, 0.1) is 13.2 Å². The molecule has 1 atom stereocenters. The van der Waals surface area contributed by atoms with Crippen LogP contribution in [0.15, 0.2) is 76.4 Å². The van der Waals surface area contributed by atoms with Crippen LogP contribution in [0.2, 0.25) is 0 Å². The Labute approximate surface area is 239 Å². The third-order valence-corrected chi connectivity index (χ3v) is 7.42. The molecule has 11 heteroatoms. The maximum absolute atomic E-state index is 11.7. The fraction of sp³-hybridized carbons (Fsp3) is 0.286.